The second-order valence-electron chi connectivity index (χ2n) is 2.51. The zero-order valence-electron chi connectivity index (χ0n) is 6.70. The maximum absolute atomic E-state index is 12.8. The van der Waals surface area contributed by atoms with Crippen molar-refractivity contribution >= 4 is 23.1 Å². The van der Waals surface area contributed by atoms with Crippen LogP contribution < -0.4 is 5.73 Å². The van der Waals surface area contributed by atoms with Crippen molar-refractivity contribution in [3.05, 3.63) is 28.3 Å². The smallest absolute Gasteiger partial charge is 0.178 e. The van der Waals surface area contributed by atoms with Crippen LogP contribution in [0.5, 0.6) is 0 Å². The van der Waals surface area contributed by atoms with E-state index in [9.17, 15) is 13.6 Å². The van der Waals surface area contributed by atoms with Gasteiger partial charge in [0.05, 0.1) is 10.6 Å². The number of nitrogen functional groups attached to an aromatic ring is 1. The number of carbonyl (C=O) groups excluding carboxylic acids is 1. The molecule has 0 saturated heterocycles. The minimum Gasteiger partial charge on any atom is -0.398 e. The summed E-state index contributed by atoms with van der Waals surface area (Å²) in [5.41, 5.74) is 4.94. The Kier molecular flexibility index (Phi) is 2.52. The Labute approximate surface area is 78.3 Å². The summed E-state index contributed by atoms with van der Waals surface area (Å²) < 4.78 is 25.4. The van der Waals surface area contributed by atoms with Gasteiger partial charge in [-0.15, -0.1) is 0 Å². The van der Waals surface area contributed by atoms with Gasteiger partial charge in [-0.25, -0.2) is 8.78 Å². The Hall–Kier alpha value is -1.16. The first-order valence-electron chi connectivity index (χ1n) is 3.39. The molecule has 0 atom stereocenters. The number of rotatable bonds is 1. The molecule has 2 N–H and O–H groups in total. The van der Waals surface area contributed by atoms with E-state index in [0.29, 0.717) is 0 Å². The summed E-state index contributed by atoms with van der Waals surface area (Å²) in [4.78, 5) is 10.9. The van der Waals surface area contributed by atoms with Crippen LogP contribution in [-0.4, -0.2) is 5.78 Å². The molecular weight excluding hydrogens is 200 g/mol. The number of halogens is 3. The third-order valence-electron chi connectivity index (χ3n) is 1.54. The average Bonchev–Trinajstić information content (AvgIpc) is 1.99. The summed E-state index contributed by atoms with van der Waals surface area (Å²) in [7, 11) is 0. The van der Waals surface area contributed by atoms with Crippen LogP contribution in [0.2, 0.25) is 5.02 Å². The first-order valence-corrected chi connectivity index (χ1v) is 3.77. The molecule has 0 aromatic heterocycles. The van der Waals surface area contributed by atoms with Crippen LogP contribution in [0.15, 0.2) is 6.07 Å². The third-order valence-corrected chi connectivity index (χ3v) is 1.90. The minimum atomic E-state index is -1.25. The van der Waals surface area contributed by atoms with E-state index in [1.54, 1.807) is 0 Å². The van der Waals surface area contributed by atoms with Crippen molar-refractivity contribution in [2.45, 2.75) is 6.92 Å². The van der Waals surface area contributed by atoms with Crippen molar-refractivity contribution in [3.63, 3.8) is 0 Å². The van der Waals surface area contributed by atoms with E-state index < -0.39 is 22.4 Å². The first-order chi connectivity index (χ1) is 5.95. The summed E-state index contributed by atoms with van der Waals surface area (Å²) in [6.07, 6.45) is 0. The molecule has 0 spiro atoms. The molecule has 0 aliphatic heterocycles. The van der Waals surface area contributed by atoms with Gasteiger partial charge in [0.25, 0.3) is 0 Å². The molecule has 0 radical (unpaired) electrons. The van der Waals surface area contributed by atoms with Crippen molar-refractivity contribution < 1.29 is 13.6 Å². The normalized spacial score (nSPS) is 10.2. The Bertz CT molecular complexity index is 379. The van der Waals surface area contributed by atoms with E-state index in [1.165, 1.54) is 6.92 Å². The van der Waals surface area contributed by atoms with Gasteiger partial charge < -0.3 is 5.73 Å². The fraction of sp³-hybridized carbons (Fsp3) is 0.125. The van der Waals surface area contributed by atoms with Gasteiger partial charge in [0, 0.05) is 11.8 Å². The molecular formula is C8H6ClF2NO. The number of hydrogen-bond acceptors (Lipinski definition) is 2. The van der Waals surface area contributed by atoms with Gasteiger partial charge in [0.15, 0.2) is 17.4 Å². The summed E-state index contributed by atoms with van der Waals surface area (Å²) in [6.45, 7) is 1.18. The number of benzene rings is 1. The lowest BCUT2D eigenvalue weighted by atomic mass is 10.1. The van der Waals surface area contributed by atoms with Crippen LogP contribution in [-0.2, 0) is 0 Å². The number of hydrogen-bond donors (Lipinski definition) is 1. The highest BCUT2D eigenvalue weighted by Crippen LogP contribution is 2.27. The average molecular weight is 206 g/mol. The van der Waals surface area contributed by atoms with Crippen LogP contribution in [0.4, 0.5) is 14.5 Å². The van der Waals surface area contributed by atoms with Crippen LogP contribution in [0.3, 0.4) is 0 Å². The van der Waals surface area contributed by atoms with E-state index in [4.69, 9.17) is 17.3 Å². The molecule has 1 aromatic rings. The Balaban J connectivity index is 3.53. The highest BCUT2D eigenvalue weighted by molar-refractivity contribution is 6.34. The van der Waals surface area contributed by atoms with E-state index in [1.807, 2.05) is 0 Å². The summed E-state index contributed by atoms with van der Waals surface area (Å²) in [6, 6.07) is 0.734. The van der Waals surface area contributed by atoms with E-state index in [0.717, 1.165) is 6.07 Å². The van der Waals surface area contributed by atoms with Gasteiger partial charge in [-0.3, -0.25) is 4.79 Å². The van der Waals surface area contributed by atoms with Gasteiger partial charge >= 0.3 is 0 Å². The molecule has 0 unspecified atom stereocenters. The molecule has 0 saturated carbocycles. The first kappa shape index (κ1) is 9.92. The van der Waals surface area contributed by atoms with Crippen molar-refractivity contribution in [2.24, 2.45) is 0 Å². The molecule has 13 heavy (non-hydrogen) atoms. The Morgan fingerprint density at radius 3 is 2.54 bits per heavy atom. The SMILES string of the molecule is CC(=O)c1c(N)cc(F)c(F)c1Cl. The van der Waals surface area contributed by atoms with Crippen LogP contribution >= 0.6 is 11.6 Å². The summed E-state index contributed by atoms with van der Waals surface area (Å²) >= 11 is 5.38. The molecule has 0 amide bonds. The standard InChI is InChI=1S/C8H6ClF2NO/c1-3(13)6-5(12)2-4(10)8(11)7(6)9/h2H,12H2,1H3. The second kappa shape index (κ2) is 3.30. The predicted molar refractivity (Wildman–Crippen MR) is 45.8 cm³/mol. The topological polar surface area (TPSA) is 43.1 Å². The van der Waals surface area contributed by atoms with Crippen LogP contribution in [0, 0.1) is 11.6 Å². The lowest BCUT2D eigenvalue weighted by Gasteiger charge is -2.05. The molecule has 70 valence electrons. The van der Waals surface area contributed by atoms with E-state index in [2.05, 4.69) is 0 Å². The maximum atomic E-state index is 12.8. The summed E-state index contributed by atoms with van der Waals surface area (Å²) in [5, 5.41) is -0.565. The van der Waals surface area contributed by atoms with Crippen LogP contribution in [0.25, 0.3) is 0 Å². The Morgan fingerprint density at radius 1 is 1.54 bits per heavy atom. The molecule has 0 fully saturated rings. The van der Waals surface area contributed by atoms with Crippen molar-refractivity contribution in [1.82, 2.24) is 0 Å². The van der Waals surface area contributed by atoms with Crippen molar-refractivity contribution in [1.29, 1.82) is 0 Å². The van der Waals surface area contributed by atoms with Gasteiger partial charge in [-0.1, -0.05) is 11.6 Å². The van der Waals surface area contributed by atoms with Gasteiger partial charge in [-0.05, 0) is 6.92 Å². The quantitative estimate of drug-likeness (QED) is 0.435. The number of carbonyl (C=O) groups is 1. The van der Waals surface area contributed by atoms with Gasteiger partial charge in [0.1, 0.15) is 0 Å². The molecule has 5 heteroatoms. The maximum Gasteiger partial charge on any atom is 0.178 e. The molecule has 0 aliphatic rings. The fourth-order valence-electron chi connectivity index (χ4n) is 0.971. The van der Waals surface area contributed by atoms with Crippen molar-refractivity contribution in [3.8, 4) is 0 Å². The number of nitrogens with two attached hydrogens (primary N) is 1. The fourth-order valence-corrected chi connectivity index (χ4v) is 1.30. The number of ketones is 1. The Morgan fingerprint density at radius 2 is 2.08 bits per heavy atom. The molecule has 0 heterocycles. The van der Waals surface area contributed by atoms with Crippen molar-refractivity contribution in [2.75, 3.05) is 5.73 Å². The highest BCUT2D eigenvalue weighted by Gasteiger charge is 2.18. The minimum absolute atomic E-state index is 0.156. The van der Waals surface area contributed by atoms with E-state index in [-0.39, 0.29) is 11.3 Å². The molecule has 0 aliphatic carbocycles. The lowest BCUT2D eigenvalue weighted by molar-refractivity contribution is 0.101. The molecule has 0 bridgehead atoms. The molecule has 1 aromatic carbocycles. The second-order valence-corrected chi connectivity index (χ2v) is 2.88. The van der Waals surface area contributed by atoms with Gasteiger partial charge in [-0.2, -0.15) is 0 Å². The monoisotopic (exact) mass is 205 g/mol. The predicted octanol–water partition coefficient (Wildman–Crippen LogP) is 2.40. The lowest BCUT2D eigenvalue weighted by Crippen LogP contribution is -2.04. The number of Topliss-reactive ketones (excluding diaryl/α,β-unsaturated/α-hetero) is 1. The van der Waals surface area contributed by atoms with E-state index >= 15 is 0 Å². The molecule has 2 nitrogen and oxygen atoms in total. The zero-order chi connectivity index (χ0) is 10.2. The third kappa shape index (κ3) is 1.62. The van der Waals surface area contributed by atoms with Crippen LogP contribution in [0.1, 0.15) is 17.3 Å². The highest BCUT2D eigenvalue weighted by atomic mass is 35.5. The van der Waals surface area contributed by atoms with Gasteiger partial charge in [0.2, 0.25) is 0 Å². The molecule has 1 rings (SSSR count). The summed E-state index contributed by atoms with van der Waals surface area (Å²) in [5.74, 6) is -2.91. The zero-order valence-corrected chi connectivity index (χ0v) is 7.45. The largest absolute Gasteiger partial charge is 0.398 e. The number of anilines is 1.